The number of rotatable bonds is 14. The van der Waals surface area contributed by atoms with Crippen molar-refractivity contribution < 1.29 is 51.7 Å². The summed E-state index contributed by atoms with van der Waals surface area (Å²) >= 11 is 0. The standard InChI is InChI=1S/C56H67N6O11P/c1-52(2,71-49-46(60-24-11-14-43(60)63)37-28-34(31-57)17-20-40(37)68-53(49,3)4)23-27-67-56(9,10)74(66,72-50-47(61-25-12-15-44(61)64)38-29-35(32-58)18-21-41(38)69-54(50,5)6)73-51-48(62-26-13-16-45(62)65)39-30-36(33-59)19-22-42(39)70-55(51,7)8/h17-22,28-30,46-51H,11-16,23-27H2,1-10H3/t46-,47-,48-,49+,50+,51+/m0/s1. The maximum atomic E-state index is 16.9. The van der Waals surface area contributed by atoms with Gasteiger partial charge in [-0.25, -0.2) is 0 Å². The summed E-state index contributed by atoms with van der Waals surface area (Å²) in [5, 5.41) is 28.3. The van der Waals surface area contributed by atoms with Crippen LogP contribution in [-0.2, 0) is 37.5 Å². The fourth-order valence-electron chi connectivity index (χ4n) is 11.5. The van der Waals surface area contributed by atoms with E-state index in [-0.39, 0.29) is 43.6 Å². The molecule has 0 aliphatic carbocycles. The van der Waals surface area contributed by atoms with Crippen LogP contribution < -0.4 is 14.2 Å². The highest BCUT2D eigenvalue weighted by molar-refractivity contribution is 7.55. The molecule has 0 aromatic heterocycles. The average molecular weight is 1030 g/mol. The van der Waals surface area contributed by atoms with Crippen LogP contribution in [-0.4, -0.2) is 105 Å². The third kappa shape index (κ3) is 9.65. The van der Waals surface area contributed by atoms with Crippen LogP contribution in [0.3, 0.4) is 0 Å². The van der Waals surface area contributed by atoms with Gasteiger partial charge in [0.2, 0.25) is 17.7 Å². The molecule has 17 nitrogen and oxygen atoms in total. The topological polar surface area (TPSA) is 214 Å². The zero-order valence-corrected chi connectivity index (χ0v) is 45.0. The first kappa shape index (κ1) is 52.9. The molecule has 3 fully saturated rings. The van der Waals surface area contributed by atoms with Gasteiger partial charge in [0.15, 0.2) is 5.34 Å². The van der Waals surface area contributed by atoms with Crippen LogP contribution >= 0.6 is 7.60 Å². The number of amides is 3. The Balaban J connectivity index is 1.09. The minimum absolute atomic E-state index is 0.0120. The van der Waals surface area contributed by atoms with Crippen molar-refractivity contribution in [1.82, 2.24) is 14.7 Å². The molecule has 9 rings (SSSR count). The minimum atomic E-state index is -4.81. The number of benzene rings is 3. The van der Waals surface area contributed by atoms with E-state index in [1.807, 2.05) is 32.6 Å². The number of fused-ring (bicyclic) bond motifs is 3. The van der Waals surface area contributed by atoms with Crippen LogP contribution in [0, 0.1) is 34.0 Å². The van der Waals surface area contributed by atoms with Gasteiger partial charge in [-0.2, -0.15) is 15.8 Å². The summed E-state index contributed by atoms with van der Waals surface area (Å²) in [5.74, 6) is 1.18. The summed E-state index contributed by atoms with van der Waals surface area (Å²) in [6.45, 7) is 19.3. The second kappa shape index (κ2) is 19.3. The molecular formula is C56H67N6O11P. The highest BCUT2D eigenvalue weighted by atomic mass is 31.2. The lowest BCUT2D eigenvalue weighted by Gasteiger charge is -2.52. The number of ether oxygens (including phenoxy) is 5. The first-order chi connectivity index (χ1) is 34.8. The van der Waals surface area contributed by atoms with Crippen molar-refractivity contribution in [2.75, 3.05) is 26.2 Å². The number of likely N-dealkylation sites (tertiary alicyclic amines) is 3. The molecule has 3 saturated heterocycles. The van der Waals surface area contributed by atoms with E-state index in [0.717, 1.165) is 0 Å². The molecule has 0 N–H and O–H groups in total. The number of hydrogen-bond acceptors (Lipinski definition) is 14. The maximum absolute atomic E-state index is 16.9. The van der Waals surface area contributed by atoms with E-state index >= 15 is 4.57 Å². The van der Waals surface area contributed by atoms with E-state index < -0.39 is 71.8 Å². The molecule has 0 unspecified atom stereocenters. The SMILES string of the molecule is CC(C)(CCOC(C)(C)P(=O)(O[C@@H]1[C@@H](N2CCCC2=O)c2cc(C#N)ccc2OC1(C)C)O[C@@H]1[C@@H](N2CCCC2=O)c2cc(C#N)ccc2OC1(C)C)O[C@@H]1[C@@H](N2CCCC2=O)c2cc(C#N)ccc2OC1(C)C. The summed E-state index contributed by atoms with van der Waals surface area (Å²) in [6.07, 6.45) is -0.0180. The lowest BCUT2D eigenvalue weighted by Crippen LogP contribution is -2.57. The second-order valence-electron chi connectivity index (χ2n) is 23.0. The highest BCUT2D eigenvalue weighted by Gasteiger charge is 2.60. The summed E-state index contributed by atoms with van der Waals surface area (Å²) < 4.78 is 65.2. The number of hydrogen-bond donors (Lipinski definition) is 0. The van der Waals surface area contributed by atoms with Crippen molar-refractivity contribution in [3.8, 4) is 35.5 Å². The van der Waals surface area contributed by atoms with Crippen LogP contribution in [0.2, 0.25) is 0 Å². The molecule has 0 radical (unpaired) electrons. The predicted octanol–water partition coefficient (Wildman–Crippen LogP) is 9.48. The Bertz CT molecular complexity index is 2810. The Hall–Kier alpha value is -5.99. The molecule has 0 spiro atoms. The first-order valence-corrected chi connectivity index (χ1v) is 27.2. The van der Waals surface area contributed by atoms with Gasteiger partial charge in [-0.05, 0) is 150 Å². The molecular weight excluding hydrogens is 964 g/mol. The minimum Gasteiger partial charge on any atom is -0.485 e. The Labute approximate surface area is 434 Å². The van der Waals surface area contributed by atoms with Crippen LogP contribution in [0.1, 0.15) is 166 Å². The van der Waals surface area contributed by atoms with Crippen molar-refractivity contribution in [2.24, 2.45) is 0 Å². The predicted molar refractivity (Wildman–Crippen MR) is 270 cm³/mol. The van der Waals surface area contributed by atoms with E-state index in [4.69, 9.17) is 32.7 Å². The molecule has 0 bridgehead atoms. The van der Waals surface area contributed by atoms with Crippen LogP contribution in [0.4, 0.5) is 0 Å². The molecule has 3 aromatic carbocycles. The zero-order chi connectivity index (χ0) is 53.3. The van der Waals surface area contributed by atoms with Gasteiger partial charge in [0.1, 0.15) is 52.4 Å². The Morgan fingerprint density at radius 2 is 0.919 bits per heavy atom. The maximum Gasteiger partial charge on any atom is 0.362 e. The molecule has 392 valence electrons. The number of carbonyl (C=O) groups excluding carboxylic acids is 3. The van der Waals surface area contributed by atoms with Gasteiger partial charge >= 0.3 is 7.60 Å². The molecule has 3 aromatic rings. The Morgan fingerprint density at radius 3 is 1.24 bits per heavy atom. The molecule has 3 amide bonds. The third-order valence-corrected chi connectivity index (χ3v) is 18.0. The van der Waals surface area contributed by atoms with E-state index in [0.29, 0.717) is 95.9 Å². The van der Waals surface area contributed by atoms with E-state index in [2.05, 4.69) is 18.2 Å². The summed E-state index contributed by atoms with van der Waals surface area (Å²) in [5.41, 5.74) is -1.62. The van der Waals surface area contributed by atoms with Crippen molar-refractivity contribution in [3.63, 3.8) is 0 Å². The fourth-order valence-corrected chi connectivity index (χ4v) is 13.7. The summed E-state index contributed by atoms with van der Waals surface area (Å²) in [7, 11) is -4.81. The van der Waals surface area contributed by atoms with Crippen LogP contribution in [0.15, 0.2) is 54.6 Å². The van der Waals surface area contributed by atoms with Gasteiger partial charge in [0.25, 0.3) is 0 Å². The van der Waals surface area contributed by atoms with Crippen LogP contribution in [0.5, 0.6) is 17.2 Å². The quantitative estimate of drug-likeness (QED) is 0.138. The summed E-state index contributed by atoms with van der Waals surface area (Å²) in [6, 6.07) is 19.6. The largest absolute Gasteiger partial charge is 0.485 e. The van der Waals surface area contributed by atoms with Crippen molar-refractivity contribution in [2.45, 2.75) is 178 Å². The van der Waals surface area contributed by atoms with Crippen molar-refractivity contribution in [1.29, 1.82) is 15.8 Å². The molecule has 6 aliphatic rings. The van der Waals surface area contributed by atoms with E-state index in [1.165, 1.54) is 0 Å². The Morgan fingerprint density at radius 1 is 0.581 bits per heavy atom. The van der Waals surface area contributed by atoms with Gasteiger partial charge in [-0.1, -0.05) is 0 Å². The lowest BCUT2D eigenvalue weighted by atomic mass is 9.84. The second-order valence-corrected chi connectivity index (χ2v) is 25.5. The van der Waals surface area contributed by atoms with E-state index in [1.54, 1.807) is 106 Å². The molecule has 6 atom stereocenters. The monoisotopic (exact) mass is 1030 g/mol. The van der Waals surface area contributed by atoms with E-state index in [9.17, 15) is 30.2 Å². The average Bonchev–Trinajstić information content (AvgIpc) is 4.09. The normalized spacial score (nSPS) is 25.9. The molecule has 6 aliphatic heterocycles. The summed E-state index contributed by atoms with van der Waals surface area (Å²) in [4.78, 5) is 46.5. The lowest BCUT2D eigenvalue weighted by molar-refractivity contribution is -0.188. The van der Waals surface area contributed by atoms with Gasteiger partial charge in [-0.3, -0.25) is 28.0 Å². The third-order valence-electron chi connectivity index (χ3n) is 15.5. The number of nitrogens with zero attached hydrogens (tertiary/aromatic N) is 6. The first-order valence-electron chi connectivity index (χ1n) is 25.7. The smallest absolute Gasteiger partial charge is 0.362 e. The molecule has 0 saturated carbocycles. The highest BCUT2D eigenvalue weighted by Crippen LogP contribution is 2.67. The van der Waals surface area contributed by atoms with Crippen LogP contribution in [0.25, 0.3) is 0 Å². The van der Waals surface area contributed by atoms with Gasteiger partial charge in [-0.15, -0.1) is 0 Å². The van der Waals surface area contributed by atoms with Crippen molar-refractivity contribution >= 4 is 25.3 Å². The number of nitriles is 3. The van der Waals surface area contributed by atoms with Gasteiger partial charge in [0.05, 0.1) is 65.2 Å². The number of carbonyl (C=O) groups is 3. The zero-order valence-electron chi connectivity index (χ0n) is 44.1. The molecule has 74 heavy (non-hydrogen) atoms. The van der Waals surface area contributed by atoms with Gasteiger partial charge < -0.3 is 38.4 Å². The Kier molecular flexibility index (Phi) is 13.8. The molecule has 6 heterocycles. The van der Waals surface area contributed by atoms with Gasteiger partial charge in [0, 0.05) is 55.6 Å². The van der Waals surface area contributed by atoms with Crippen molar-refractivity contribution in [3.05, 3.63) is 88.0 Å². The fraction of sp³-hybridized carbons (Fsp3) is 0.571. The molecule has 18 heteroatoms.